The van der Waals surface area contributed by atoms with Gasteiger partial charge < -0.3 is 33.7 Å². The van der Waals surface area contributed by atoms with Gasteiger partial charge in [0, 0.05) is 26.3 Å². The number of carbonyl (C=O) groups excluding carboxylic acids is 3. The quantitative estimate of drug-likeness (QED) is 0.0441. The number of hydrogen-bond acceptors (Lipinski definition) is 9. The fourth-order valence-corrected chi connectivity index (χ4v) is 6.03. The van der Waals surface area contributed by atoms with Gasteiger partial charge in [-0.15, -0.1) is 0 Å². The monoisotopic (exact) mass is 749 g/mol. The molecule has 10 nitrogen and oxygen atoms in total. The molecule has 0 saturated carbocycles. The van der Waals surface area contributed by atoms with Crippen molar-refractivity contribution in [2.45, 2.75) is 200 Å². The molecule has 50 heavy (non-hydrogen) atoms. The topological polar surface area (TPSA) is 154 Å². The van der Waals surface area contributed by atoms with Crippen LogP contribution in [0, 0.1) is 0 Å². The summed E-state index contributed by atoms with van der Waals surface area (Å²) >= 11 is 0. The van der Waals surface area contributed by atoms with Crippen molar-refractivity contribution in [3.05, 3.63) is 0 Å². The van der Waals surface area contributed by atoms with Crippen molar-refractivity contribution >= 4 is 25.7 Å². The Labute approximate surface area is 349 Å². The molecule has 13 heteroatoms. The van der Waals surface area contributed by atoms with Gasteiger partial charge in [-0.3, -0.25) is 14.4 Å². The molecule has 0 heterocycles. The summed E-state index contributed by atoms with van der Waals surface area (Å²) in [5.41, 5.74) is 0. The van der Waals surface area contributed by atoms with Crippen LogP contribution >= 0.6 is 7.82 Å². The van der Waals surface area contributed by atoms with Crippen molar-refractivity contribution < 1.29 is 102 Å². The van der Waals surface area contributed by atoms with E-state index in [1.54, 1.807) is 6.92 Å². The minimum Gasteiger partial charge on any atom is -0.790 e. The van der Waals surface area contributed by atoms with E-state index in [1.807, 2.05) is 0 Å². The number of esters is 2. The van der Waals surface area contributed by atoms with Crippen LogP contribution in [0.4, 0.5) is 0 Å². The summed E-state index contributed by atoms with van der Waals surface area (Å²) in [7, 11) is -5.25. The van der Waals surface area contributed by atoms with E-state index in [-0.39, 0.29) is 84.5 Å². The molecular weight excluding hydrogens is 679 g/mol. The maximum atomic E-state index is 12.3. The second kappa shape index (κ2) is 40.7. The van der Waals surface area contributed by atoms with Gasteiger partial charge in [-0.2, -0.15) is 0 Å². The van der Waals surface area contributed by atoms with E-state index in [2.05, 4.69) is 16.8 Å². The number of nitrogens with one attached hydrogen (secondary N) is 1. The summed E-state index contributed by atoms with van der Waals surface area (Å²) in [6, 6.07) is 0. The summed E-state index contributed by atoms with van der Waals surface area (Å²) in [6.07, 6.45) is 29.4. The summed E-state index contributed by atoms with van der Waals surface area (Å²) in [4.78, 5) is 57.2. The maximum absolute atomic E-state index is 12.3. The van der Waals surface area contributed by atoms with Crippen LogP contribution in [-0.2, 0) is 32.9 Å². The molecule has 284 valence electrons. The molecule has 0 saturated heterocycles. The van der Waals surface area contributed by atoms with Gasteiger partial charge in [-0.1, -0.05) is 155 Å². The van der Waals surface area contributed by atoms with E-state index in [9.17, 15) is 28.7 Å². The fourth-order valence-electron chi connectivity index (χ4n) is 5.68. The summed E-state index contributed by atoms with van der Waals surface area (Å²) in [5.74, 6) is -0.931. The number of phosphoric acid groups is 1. The molecule has 0 radical (unpaired) electrons. The molecule has 0 aliphatic heterocycles. The number of hydrogen-bond donors (Lipinski definition) is 1. The molecule has 0 fully saturated rings. The molecule has 0 spiro atoms. The molecule has 1 atom stereocenters. The van der Waals surface area contributed by atoms with Crippen LogP contribution in [0.1, 0.15) is 194 Å². The first-order valence-electron chi connectivity index (χ1n) is 19.4. The van der Waals surface area contributed by atoms with E-state index < -0.39 is 32.5 Å². The van der Waals surface area contributed by atoms with E-state index in [4.69, 9.17) is 9.47 Å². The van der Waals surface area contributed by atoms with Crippen molar-refractivity contribution in [2.75, 3.05) is 19.8 Å². The smallest absolute Gasteiger partial charge is 0.790 e. The zero-order valence-electron chi connectivity index (χ0n) is 32.6. The van der Waals surface area contributed by atoms with Crippen molar-refractivity contribution in [1.29, 1.82) is 0 Å². The maximum Gasteiger partial charge on any atom is 1.00 e. The van der Waals surface area contributed by atoms with Gasteiger partial charge >= 0.3 is 71.1 Å². The minimum absolute atomic E-state index is 0. The van der Waals surface area contributed by atoms with Gasteiger partial charge in [0.25, 0.3) is 0 Å². The first-order chi connectivity index (χ1) is 23.1. The van der Waals surface area contributed by atoms with Crippen molar-refractivity contribution in [3.8, 4) is 0 Å². The van der Waals surface area contributed by atoms with Crippen molar-refractivity contribution in [3.63, 3.8) is 0 Å². The zero-order chi connectivity index (χ0) is 35.6. The van der Waals surface area contributed by atoms with Gasteiger partial charge in [-0.25, -0.2) is 0 Å². The second-order valence-electron chi connectivity index (χ2n) is 13.4. The largest absolute Gasteiger partial charge is 1.00 e. The van der Waals surface area contributed by atoms with Crippen LogP contribution in [-0.4, -0.2) is 43.7 Å². The standard InChI is InChI=1S/C37H72NO9P.2Na/c1-3-4-5-6-7-8-9-11-15-18-21-24-27-30-37(41)47-35(33-46-48(42,43)44)32-45-36(40)29-26-23-20-17-14-12-10-13-16-19-22-25-28-31-38-34(2)39;;/h35H,3-33H2,1-2H3,(H,38,39)(H2,42,43,44);;/q;2*+1/p-2/t35-;;/m0../s1. The molecule has 0 aromatic heterocycles. The Kier molecular flexibility index (Phi) is 44.7. The van der Waals surface area contributed by atoms with E-state index in [1.165, 1.54) is 109 Å². The first-order valence-corrected chi connectivity index (χ1v) is 20.9. The minimum atomic E-state index is -5.25. The van der Waals surface area contributed by atoms with Crippen LogP contribution in [0.15, 0.2) is 0 Å². The Hall–Kier alpha value is 0.520. The van der Waals surface area contributed by atoms with E-state index in [0.717, 1.165) is 51.5 Å². The zero-order valence-corrected chi connectivity index (χ0v) is 37.5. The van der Waals surface area contributed by atoms with Crippen LogP contribution in [0.3, 0.4) is 0 Å². The Morgan fingerprint density at radius 2 is 0.920 bits per heavy atom. The van der Waals surface area contributed by atoms with Crippen molar-refractivity contribution in [1.82, 2.24) is 5.32 Å². The number of amides is 1. The van der Waals surface area contributed by atoms with Crippen LogP contribution in [0.2, 0.25) is 0 Å². The second-order valence-corrected chi connectivity index (χ2v) is 14.5. The van der Waals surface area contributed by atoms with Crippen LogP contribution in [0.25, 0.3) is 0 Å². The van der Waals surface area contributed by atoms with Gasteiger partial charge in [0.05, 0.1) is 14.4 Å². The number of unbranched alkanes of at least 4 members (excludes halogenated alkanes) is 24. The molecule has 0 bridgehead atoms. The molecule has 0 aliphatic carbocycles. The van der Waals surface area contributed by atoms with Gasteiger partial charge in [-0.05, 0) is 19.3 Å². The van der Waals surface area contributed by atoms with Crippen molar-refractivity contribution in [2.24, 2.45) is 0 Å². The molecule has 1 N–H and O–H groups in total. The third-order valence-corrected chi connectivity index (χ3v) is 9.03. The number of rotatable bonds is 36. The Bertz CT molecular complexity index is 833. The first kappa shape index (κ1) is 54.9. The van der Waals surface area contributed by atoms with E-state index >= 15 is 0 Å². The summed E-state index contributed by atoms with van der Waals surface area (Å²) < 4.78 is 25.8. The number of carbonyl (C=O) groups is 3. The van der Waals surface area contributed by atoms with Gasteiger partial charge in [0.2, 0.25) is 5.91 Å². The van der Waals surface area contributed by atoms with Crippen LogP contribution < -0.4 is 74.2 Å². The molecule has 0 aromatic carbocycles. The molecule has 0 aliphatic rings. The molecular formula is C37H70NNa2O9P. The van der Waals surface area contributed by atoms with Gasteiger partial charge in [0.15, 0.2) is 6.10 Å². The van der Waals surface area contributed by atoms with Gasteiger partial charge in [0.1, 0.15) is 6.61 Å². The Balaban J connectivity index is -0.0000110. The molecule has 1 amide bonds. The number of ether oxygens (including phenoxy) is 2. The Morgan fingerprint density at radius 1 is 0.560 bits per heavy atom. The molecule has 0 unspecified atom stereocenters. The Morgan fingerprint density at radius 3 is 1.30 bits per heavy atom. The SMILES string of the molecule is CCCCCCCCCCCCCCCC(=O)O[C@@H](COC(=O)CCCCCCCCCCCCCCCNC(C)=O)COP(=O)([O-])[O-].[Na+].[Na+]. The fraction of sp³-hybridized carbons (Fsp3) is 0.919. The molecule has 0 rings (SSSR count). The van der Waals surface area contributed by atoms with Crippen LogP contribution in [0.5, 0.6) is 0 Å². The third kappa shape index (κ3) is 44.7. The van der Waals surface area contributed by atoms with E-state index in [0.29, 0.717) is 12.8 Å². The average Bonchev–Trinajstić information content (AvgIpc) is 3.03. The average molecular weight is 750 g/mol. The predicted octanol–water partition coefficient (Wildman–Crippen LogP) is 2.37. The normalized spacial score (nSPS) is 11.7. The molecule has 0 aromatic rings. The summed E-state index contributed by atoms with van der Waals surface area (Å²) in [6.45, 7) is 3.55. The summed E-state index contributed by atoms with van der Waals surface area (Å²) in [5, 5.41) is 2.83. The predicted molar refractivity (Wildman–Crippen MR) is 188 cm³/mol. The third-order valence-electron chi connectivity index (χ3n) is 8.56. The number of phosphoric ester groups is 1.